The summed E-state index contributed by atoms with van der Waals surface area (Å²) in [5.41, 5.74) is 2.52. The zero-order valence-corrected chi connectivity index (χ0v) is 24.2. The van der Waals surface area contributed by atoms with Gasteiger partial charge in [0.2, 0.25) is 11.8 Å². The van der Waals surface area contributed by atoms with Crippen LogP contribution in [0.4, 0.5) is 0 Å². The van der Waals surface area contributed by atoms with Crippen LogP contribution in [0.2, 0.25) is 20.1 Å². The lowest BCUT2D eigenvalue weighted by molar-refractivity contribution is -0.139. The van der Waals surface area contributed by atoms with Crippen LogP contribution in [-0.2, 0) is 28.3 Å². The molecule has 4 nitrogen and oxygen atoms in total. The highest BCUT2D eigenvalue weighted by molar-refractivity contribution is 7.99. The highest BCUT2D eigenvalue weighted by Crippen LogP contribution is 2.29. The average molecular weight is 598 g/mol. The first-order valence-electron chi connectivity index (χ1n) is 11.9. The minimum absolute atomic E-state index is 0.148. The van der Waals surface area contributed by atoms with Crippen molar-refractivity contribution in [3.05, 3.63) is 104 Å². The monoisotopic (exact) mass is 596 g/mol. The Hall–Kier alpha value is -1.89. The summed E-state index contributed by atoms with van der Waals surface area (Å²) in [7, 11) is 0. The first kappa shape index (κ1) is 29.7. The molecule has 0 spiro atoms. The number of rotatable bonds is 12. The quantitative estimate of drug-likeness (QED) is 0.233. The number of hydrogen-bond donors (Lipinski definition) is 1. The van der Waals surface area contributed by atoms with Gasteiger partial charge in [0.15, 0.2) is 0 Å². The second-order valence-corrected chi connectivity index (χ2v) is 11.1. The van der Waals surface area contributed by atoms with Crippen LogP contribution >= 0.6 is 58.2 Å². The Morgan fingerprint density at radius 3 is 2.22 bits per heavy atom. The smallest absolute Gasteiger partial charge is 0.243 e. The van der Waals surface area contributed by atoms with E-state index >= 15 is 0 Å². The van der Waals surface area contributed by atoms with Gasteiger partial charge in [0, 0.05) is 35.3 Å². The largest absolute Gasteiger partial charge is 0.354 e. The summed E-state index contributed by atoms with van der Waals surface area (Å²) in [4.78, 5) is 28.6. The van der Waals surface area contributed by atoms with E-state index in [0.717, 1.165) is 23.1 Å². The van der Waals surface area contributed by atoms with Crippen LogP contribution in [0.3, 0.4) is 0 Å². The summed E-state index contributed by atoms with van der Waals surface area (Å²) >= 11 is 26.4. The summed E-state index contributed by atoms with van der Waals surface area (Å²) in [6, 6.07) is 19.5. The highest BCUT2D eigenvalue weighted by Gasteiger charge is 2.30. The molecule has 0 heterocycles. The molecule has 0 bridgehead atoms. The fourth-order valence-electron chi connectivity index (χ4n) is 3.75. The molecule has 0 saturated heterocycles. The molecule has 0 aliphatic rings. The minimum atomic E-state index is -0.708. The van der Waals surface area contributed by atoms with Crippen molar-refractivity contribution in [3.8, 4) is 0 Å². The van der Waals surface area contributed by atoms with Crippen LogP contribution in [0, 0.1) is 0 Å². The summed E-state index contributed by atoms with van der Waals surface area (Å²) < 4.78 is 0. The van der Waals surface area contributed by atoms with Gasteiger partial charge in [-0.05, 0) is 47.4 Å². The Morgan fingerprint density at radius 1 is 0.865 bits per heavy atom. The lowest BCUT2D eigenvalue weighted by Crippen LogP contribution is -2.51. The van der Waals surface area contributed by atoms with Gasteiger partial charge in [0.25, 0.3) is 0 Å². The summed E-state index contributed by atoms with van der Waals surface area (Å²) in [5.74, 6) is 0.246. The summed E-state index contributed by atoms with van der Waals surface area (Å²) in [5, 5.41) is 4.90. The lowest BCUT2D eigenvalue weighted by atomic mass is 10.0. The van der Waals surface area contributed by atoms with E-state index in [1.54, 1.807) is 35.2 Å². The Labute approximate surface area is 242 Å². The molecule has 37 heavy (non-hydrogen) atoms. The minimum Gasteiger partial charge on any atom is -0.354 e. The SMILES string of the molecule is CCCNC(=O)[C@@H](Cc1ccccc1)N(Cc1ccc(Cl)c(Cl)c1)C(=O)CSCc1c(Cl)cccc1Cl. The van der Waals surface area contributed by atoms with E-state index in [-0.39, 0.29) is 24.1 Å². The Kier molecular flexibility index (Phi) is 11.9. The van der Waals surface area contributed by atoms with Gasteiger partial charge in [-0.15, -0.1) is 11.8 Å². The number of benzene rings is 3. The molecule has 0 aromatic heterocycles. The number of amides is 2. The van der Waals surface area contributed by atoms with Gasteiger partial charge in [-0.2, -0.15) is 0 Å². The molecule has 3 rings (SSSR count). The molecule has 0 aliphatic heterocycles. The maximum absolute atomic E-state index is 13.7. The third-order valence-corrected chi connectivity index (χ3v) is 8.08. The predicted octanol–water partition coefficient (Wildman–Crippen LogP) is 7.70. The van der Waals surface area contributed by atoms with Crippen molar-refractivity contribution >= 4 is 70.0 Å². The number of carbonyl (C=O) groups excluding carboxylic acids is 2. The maximum atomic E-state index is 13.7. The molecule has 3 aromatic carbocycles. The first-order chi connectivity index (χ1) is 17.8. The molecule has 0 saturated carbocycles. The van der Waals surface area contributed by atoms with E-state index in [4.69, 9.17) is 46.4 Å². The fourth-order valence-corrected chi connectivity index (χ4v) is 5.72. The predicted molar refractivity (Wildman–Crippen MR) is 157 cm³/mol. The third-order valence-electron chi connectivity index (χ3n) is 5.69. The van der Waals surface area contributed by atoms with Crippen molar-refractivity contribution < 1.29 is 9.59 Å². The van der Waals surface area contributed by atoms with Crippen molar-refractivity contribution in [2.75, 3.05) is 12.3 Å². The highest BCUT2D eigenvalue weighted by atomic mass is 35.5. The third kappa shape index (κ3) is 8.83. The molecular weight excluding hydrogens is 570 g/mol. The molecule has 0 aliphatic carbocycles. The van der Waals surface area contributed by atoms with Gasteiger partial charge >= 0.3 is 0 Å². The van der Waals surface area contributed by atoms with Crippen LogP contribution in [-0.4, -0.2) is 35.1 Å². The van der Waals surface area contributed by atoms with Crippen molar-refractivity contribution in [1.29, 1.82) is 0 Å². The zero-order chi connectivity index (χ0) is 26.8. The Morgan fingerprint density at radius 2 is 1.57 bits per heavy atom. The van der Waals surface area contributed by atoms with Crippen LogP contribution in [0.5, 0.6) is 0 Å². The average Bonchev–Trinajstić information content (AvgIpc) is 2.89. The van der Waals surface area contributed by atoms with E-state index in [9.17, 15) is 9.59 Å². The summed E-state index contributed by atoms with van der Waals surface area (Å²) in [6.07, 6.45) is 1.17. The number of halogens is 4. The number of nitrogens with one attached hydrogen (secondary N) is 1. The van der Waals surface area contributed by atoms with Crippen molar-refractivity contribution in [2.45, 2.75) is 38.1 Å². The molecule has 1 N–H and O–H groups in total. The lowest BCUT2D eigenvalue weighted by Gasteiger charge is -2.31. The molecule has 0 unspecified atom stereocenters. The second kappa shape index (κ2) is 14.9. The number of carbonyl (C=O) groups is 2. The van der Waals surface area contributed by atoms with Gasteiger partial charge in [-0.1, -0.05) is 95.8 Å². The fraction of sp³-hybridized carbons (Fsp3) is 0.286. The maximum Gasteiger partial charge on any atom is 0.243 e. The molecule has 2 amide bonds. The van der Waals surface area contributed by atoms with Gasteiger partial charge in [-0.25, -0.2) is 0 Å². The van der Waals surface area contributed by atoms with Gasteiger partial charge in [-0.3, -0.25) is 9.59 Å². The van der Waals surface area contributed by atoms with Crippen molar-refractivity contribution in [2.24, 2.45) is 0 Å². The second-order valence-electron chi connectivity index (χ2n) is 8.46. The molecule has 3 aromatic rings. The van der Waals surface area contributed by atoms with E-state index in [0.29, 0.717) is 38.8 Å². The van der Waals surface area contributed by atoms with Gasteiger partial charge in [0.1, 0.15) is 6.04 Å². The Bertz CT molecular complexity index is 1190. The molecular formula is C28H28Cl4N2O2S. The van der Waals surface area contributed by atoms with E-state index in [1.807, 2.05) is 43.3 Å². The topological polar surface area (TPSA) is 49.4 Å². The number of thioether (sulfide) groups is 1. The van der Waals surface area contributed by atoms with Crippen molar-refractivity contribution in [1.82, 2.24) is 10.2 Å². The number of nitrogens with zero attached hydrogens (tertiary/aromatic N) is 1. The van der Waals surface area contributed by atoms with Crippen molar-refractivity contribution in [3.63, 3.8) is 0 Å². The molecule has 196 valence electrons. The molecule has 0 radical (unpaired) electrons. The van der Waals surface area contributed by atoms with Gasteiger partial charge in [0.05, 0.1) is 15.8 Å². The van der Waals surface area contributed by atoms with E-state index in [2.05, 4.69) is 5.32 Å². The summed E-state index contributed by atoms with van der Waals surface area (Å²) in [6.45, 7) is 2.72. The van der Waals surface area contributed by atoms with Crippen LogP contribution in [0.15, 0.2) is 66.7 Å². The number of hydrogen-bond acceptors (Lipinski definition) is 3. The van der Waals surface area contributed by atoms with Crippen LogP contribution in [0.25, 0.3) is 0 Å². The standard InChI is InChI=1S/C28H28Cl4N2O2S/c1-2-13-33-28(36)26(15-19-7-4-3-5-8-19)34(16-20-11-12-24(31)25(32)14-20)27(35)18-37-17-21-22(29)9-6-10-23(21)30/h3-12,14,26H,2,13,15-18H2,1H3,(H,33,36)/t26-/m1/s1. The molecule has 0 fully saturated rings. The zero-order valence-electron chi connectivity index (χ0n) is 20.4. The molecule has 1 atom stereocenters. The first-order valence-corrected chi connectivity index (χ1v) is 14.5. The normalized spacial score (nSPS) is 11.7. The van der Waals surface area contributed by atoms with E-state index in [1.165, 1.54) is 11.8 Å². The van der Waals surface area contributed by atoms with E-state index < -0.39 is 6.04 Å². The Balaban J connectivity index is 1.87. The molecule has 9 heteroatoms. The van der Waals surface area contributed by atoms with Crippen LogP contribution < -0.4 is 5.32 Å². The van der Waals surface area contributed by atoms with Crippen LogP contribution in [0.1, 0.15) is 30.0 Å². The van der Waals surface area contributed by atoms with Gasteiger partial charge < -0.3 is 10.2 Å².